The number of para-hydroxylation sites is 1. The molecule has 0 saturated heterocycles. The van der Waals surface area contributed by atoms with Gasteiger partial charge in [0.25, 0.3) is 5.91 Å². The van der Waals surface area contributed by atoms with Gasteiger partial charge in [-0.1, -0.05) is 54.1 Å². The number of benzene rings is 4. The zero-order valence-corrected chi connectivity index (χ0v) is 25.7. The number of amides is 1. The first-order valence-electron chi connectivity index (χ1n) is 14.4. The van der Waals surface area contributed by atoms with Gasteiger partial charge in [0.15, 0.2) is 0 Å². The fraction of sp³-hybridized carbons (Fsp3) is 0.222. The molecule has 7 heteroatoms. The molecule has 1 aromatic heterocycles. The molecule has 43 heavy (non-hydrogen) atoms. The number of ether oxygens (including phenoxy) is 2. The van der Waals surface area contributed by atoms with Gasteiger partial charge >= 0.3 is 0 Å². The lowest BCUT2D eigenvalue weighted by Gasteiger charge is -2.22. The molecule has 0 bridgehead atoms. The monoisotopic (exact) mass is 589 g/mol. The van der Waals surface area contributed by atoms with Crippen LogP contribution in [0, 0.1) is 13.8 Å². The van der Waals surface area contributed by atoms with Crippen LogP contribution in [0.2, 0.25) is 0 Å². The Morgan fingerprint density at radius 1 is 0.907 bits per heavy atom. The maximum Gasteiger partial charge on any atom is 0.253 e. The van der Waals surface area contributed by atoms with E-state index in [-0.39, 0.29) is 17.7 Å². The Bertz CT molecular complexity index is 1790. The van der Waals surface area contributed by atoms with Crippen molar-refractivity contribution in [3.8, 4) is 11.5 Å². The minimum Gasteiger partial charge on any atom is -0.497 e. The molecule has 0 saturated carbocycles. The van der Waals surface area contributed by atoms with E-state index in [0.29, 0.717) is 6.42 Å². The van der Waals surface area contributed by atoms with Gasteiger partial charge < -0.3 is 14.0 Å². The number of nitrogens with zero attached hydrogens (tertiary/aromatic N) is 3. The number of rotatable bonds is 9. The fourth-order valence-electron chi connectivity index (χ4n) is 5.60. The van der Waals surface area contributed by atoms with Gasteiger partial charge in [0.2, 0.25) is 0 Å². The molecule has 1 aliphatic heterocycles. The average Bonchev–Trinajstić information content (AvgIpc) is 3.64. The molecule has 0 aliphatic carbocycles. The number of carbonyl (C=O) groups is 1. The SMILES string of the molecule is COc1ccc(C2=NN(C(=O)CSc3cn(Cc4cc(C)ccc4C)c4ccccc34)[C@H](c3ccc(OC)cc3)C2)cc1. The van der Waals surface area contributed by atoms with Crippen molar-refractivity contribution < 1.29 is 14.3 Å². The minimum absolute atomic E-state index is 0.0271. The number of hydrogen-bond acceptors (Lipinski definition) is 5. The Hall–Kier alpha value is -4.49. The number of aromatic nitrogens is 1. The summed E-state index contributed by atoms with van der Waals surface area (Å²) < 4.78 is 13.0. The minimum atomic E-state index is -0.193. The largest absolute Gasteiger partial charge is 0.497 e. The molecule has 0 spiro atoms. The highest BCUT2D eigenvalue weighted by atomic mass is 32.2. The van der Waals surface area contributed by atoms with Crippen molar-refractivity contribution in [3.63, 3.8) is 0 Å². The number of carbonyl (C=O) groups excluding carboxylic acids is 1. The standard InChI is InChI=1S/C36H35N3O3S/c1-24-9-10-25(2)28(19-24)21-38-22-35(31-7-5-6-8-33(31)38)43-23-36(40)39-34(27-13-17-30(42-4)18-14-27)20-32(37-39)26-11-15-29(41-3)16-12-26/h5-19,22,34H,20-21,23H2,1-4H3/t34-/m0/s1. The summed E-state index contributed by atoms with van der Waals surface area (Å²) in [6.07, 6.45) is 2.81. The second kappa shape index (κ2) is 12.4. The zero-order valence-electron chi connectivity index (χ0n) is 24.9. The summed E-state index contributed by atoms with van der Waals surface area (Å²) in [5, 5.41) is 7.70. The number of thioether (sulfide) groups is 1. The summed E-state index contributed by atoms with van der Waals surface area (Å²) in [6, 6.07) is 30.6. The zero-order chi connectivity index (χ0) is 29.9. The smallest absolute Gasteiger partial charge is 0.253 e. The van der Waals surface area contributed by atoms with E-state index in [2.05, 4.69) is 67.1 Å². The van der Waals surface area contributed by atoms with Crippen molar-refractivity contribution >= 4 is 34.3 Å². The van der Waals surface area contributed by atoms with Gasteiger partial charge in [-0.15, -0.1) is 11.8 Å². The molecule has 0 unspecified atom stereocenters. The molecule has 0 N–H and O–H groups in total. The lowest BCUT2D eigenvalue weighted by atomic mass is 9.98. The summed E-state index contributed by atoms with van der Waals surface area (Å²) in [5.41, 5.74) is 7.88. The molecular formula is C36H35N3O3S. The van der Waals surface area contributed by atoms with Gasteiger partial charge in [-0.3, -0.25) is 4.79 Å². The van der Waals surface area contributed by atoms with E-state index < -0.39 is 0 Å². The predicted octanol–water partition coefficient (Wildman–Crippen LogP) is 7.79. The van der Waals surface area contributed by atoms with Gasteiger partial charge in [0, 0.05) is 35.0 Å². The number of hydrogen-bond donors (Lipinski definition) is 0. The van der Waals surface area contributed by atoms with Crippen LogP contribution in [0.1, 0.15) is 40.3 Å². The highest BCUT2D eigenvalue weighted by Crippen LogP contribution is 2.36. The van der Waals surface area contributed by atoms with Crippen LogP contribution in [0.4, 0.5) is 0 Å². The van der Waals surface area contributed by atoms with Gasteiger partial charge in [0.1, 0.15) is 11.5 Å². The molecule has 4 aromatic carbocycles. The predicted molar refractivity (Wildman–Crippen MR) is 174 cm³/mol. The number of hydrazone groups is 1. The van der Waals surface area contributed by atoms with E-state index in [1.807, 2.05) is 48.5 Å². The van der Waals surface area contributed by atoms with Crippen LogP contribution in [-0.4, -0.2) is 41.2 Å². The van der Waals surface area contributed by atoms with Crippen molar-refractivity contribution in [2.24, 2.45) is 5.10 Å². The van der Waals surface area contributed by atoms with E-state index in [9.17, 15) is 4.79 Å². The normalized spacial score (nSPS) is 14.7. The van der Waals surface area contributed by atoms with Crippen LogP contribution >= 0.6 is 11.8 Å². The van der Waals surface area contributed by atoms with Crippen LogP contribution in [-0.2, 0) is 11.3 Å². The molecular weight excluding hydrogens is 554 g/mol. The maximum absolute atomic E-state index is 13.9. The van der Waals surface area contributed by atoms with E-state index in [1.165, 1.54) is 16.7 Å². The van der Waals surface area contributed by atoms with Crippen LogP contribution in [0.15, 0.2) is 107 Å². The Morgan fingerprint density at radius 3 is 2.33 bits per heavy atom. The topological polar surface area (TPSA) is 56.1 Å². The first-order chi connectivity index (χ1) is 20.9. The number of aryl methyl sites for hydroxylation is 2. The molecule has 1 aliphatic rings. The van der Waals surface area contributed by atoms with Crippen LogP contribution in [0.3, 0.4) is 0 Å². The third-order valence-corrected chi connectivity index (χ3v) is 9.07. The number of fused-ring (bicyclic) bond motifs is 1. The molecule has 2 heterocycles. The average molecular weight is 590 g/mol. The van der Waals surface area contributed by atoms with Crippen molar-refractivity contribution in [3.05, 3.63) is 125 Å². The highest BCUT2D eigenvalue weighted by Gasteiger charge is 2.33. The Morgan fingerprint density at radius 2 is 1.60 bits per heavy atom. The van der Waals surface area contributed by atoms with Gasteiger partial charge in [-0.05, 0) is 78.6 Å². The van der Waals surface area contributed by atoms with Crippen LogP contribution in [0.5, 0.6) is 11.5 Å². The second-order valence-corrected chi connectivity index (χ2v) is 11.9. The van der Waals surface area contributed by atoms with E-state index >= 15 is 0 Å². The van der Waals surface area contributed by atoms with Crippen LogP contribution < -0.4 is 9.47 Å². The van der Waals surface area contributed by atoms with E-state index in [1.54, 1.807) is 31.0 Å². The quantitative estimate of drug-likeness (QED) is 0.165. The molecule has 0 fully saturated rings. The molecule has 6 rings (SSSR count). The number of methoxy groups -OCH3 is 2. The lowest BCUT2D eigenvalue weighted by Crippen LogP contribution is -2.28. The van der Waals surface area contributed by atoms with Crippen molar-refractivity contribution in [2.75, 3.05) is 20.0 Å². The lowest BCUT2D eigenvalue weighted by molar-refractivity contribution is -0.130. The second-order valence-electron chi connectivity index (χ2n) is 10.9. The Balaban J connectivity index is 1.26. The summed E-state index contributed by atoms with van der Waals surface area (Å²) in [7, 11) is 3.31. The fourth-order valence-corrected chi connectivity index (χ4v) is 6.54. The Labute approximate surface area is 256 Å². The van der Waals surface area contributed by atoms with Crippen molar-refractivity contribution in [1.29, 1.82) is 0 Å². The third kappa shape index (κ3) is 6.04. The Kier molecular flexibility index (Phi) is 8.25. The maximum atomic E-state index is 13.9. The van der Waals surface area contributed by atoms with Gasteiger partial charge in [-0.25, -0.2) is 5.01 Å². The third-order valence-electron chi connectivity index (χ3n) is 8.04. The molecule has 1 amide bonds. The van der Waals surface area contributed by atoms with E-state index in [0.717, 1.165) is 50.7 Å². The first kappa shape index (κ1) is 28.6. The van der Waals surface area contributed by atoms with Crippen molar-refractivity contribution in [2.45, 2.75) is 37.8 Å². The molecule has 1 atom stereocenters. The molecule has 5 aromatic rings. The van der Waals surface area contributed by atoms with Crippen molar-refractivity contribution in [1.82, 2.24) is 9.58 Å². The first-order valence-corrected chi connectivity index (χ1v) is 15.4. The summed E-state index contributed by atoms with van der Waals surface area (Å²) in [6.45, 7) is 5.07. The van der Waals surface area contributed by atoms with Gasteiger partial charge in [-0.2, -0.15) is 5.10 Å². The molecule has 218 valence electrons. The van der Waals surface area contributed by atoms with Gasteiger partial charge in [0.05, 0.1) is 31.7 Å². The van der Waals surface area contributed by atoms with Crippen LogP contribution in [0.25, 0.3) is 10.9 Å². The molecule has 6 nitrogen and oxygen atoms in total. The summed E-state index contributed by atoms with van der Waals surface area (Å²) in [5.74, 6) is 1.82. The van der Waals surface area contributed by atoms with E-state index in [4.69, 9.17) is 14.6 Å². The summed E-state index contributed by atoms with van der Waals surface area (Å²) in [4.78, 5) is 15.0. The molecule has 0 radical (unpaired) electrons. The summed E-state index contributed by atoms with van der Waals surface area (Å²) >= 11 is 1.57. The highest BCUT2D eigenvalue weighted by molar-refractivity contribution is 8.00.